The van der Waals surface area contributed by atoms with Gasteiger partial charge in [-0.1, -0.05) is 18.0 Å². The van der Waals surface area contributed by atoms with Gasteiger partial charge in [0.25, 0.3) is 5.91 Å². The minimum absolute atomic E-state index is 0.128. The number of oxime groups is 1. The van der Waals surface area contributed by atoms with Crippen LogP contribution in [0.25, 0.3) is 0 Å². The average Bonchev–Trinajstić information content (AvgIpc) is 3.27. The van der Waals surface area contributed by atoms with Crippen LogP contribution in [0.4, 0.5) is 4.79 Å². The Hall–Kier alpha value is -1.83. The van der Waals surface area contributed by atoms with Crippen LogP contribution < -0.4 is 10.6 Å². The van der Waals surface area contributed by atoms with E-state index in [9.17, 15) is 9.59 Å². The Bertz CT molecular complexity index is 565. The molecule has 1 fully saturated rings. The largest absolute Gasteiger partial charge is 0.444 e. The van der Waals surface area contributed by atoms with E-state index in [2.05, 4.69) is 15.8 Å². The third-order valence-electron chi connectivity index (χ3n) is 5.14. The second-order valence-corrected chi connectivity index (χ2v) is 8.69. The van der Waals surface area contributed by atoms with Gasteiger partial charge in [-0.3, -0.25) is 4.79 Å². The van der Waals surface area contributed by atoms with Crippen molar-refractivity contribution in [3.63, 3.8) is 0 Å². The molecule has 0 radical (unpaired) electrons. The van der Waals surface area contributed by atoms with Crippen LogP contribution in [0, 0.1) is 5.41 Å². The van der Waals surface area contributed by atoms with E-state index in [0.717, 1.165) is 32.5 Å². The van der Waals surface area contributed by atoms with Crippen molar-refractivity contribution in [3.05, 3.63) is 0 Å². The molecule has 0 spiro atoms. The fraction of sp³-hybridized carbons (Fsp3) is 0.850. The summed E-state index contributed by atoms with van der Waals surface area (Å²) in [7, 11) is 0. The molecule has 160 valence electrons. The Morgan fingerprint density at radius 1 is 1.25 bits per heavy atom. The standard InChI is InChI=1S/C20H35N3O5/c1-5-26-11-10-20(8-6-7-9-20)14-22-17(24)16-12-15(28-23-16)13-21-18(25)27-19(2,3)4/h15H,5-14H2,1-4H3,(H,21,25)(H,22,24)/t15-/m0/s1. The fourth-order valence-electron chi connectivity index (χ4n) is 3.63. The monoisotopic (exact) mass is 397 g/mol. The van der Waals surface area contributed by atoms with E-state index in [0.29, 0.717) is 18.7 Å². The van der Waals surface area contributed by atoms with Crippen molar-refractivity contribution in [3.8, 4) is 0 Å². The number of nitrogens with one attached hydrogen (secondary N) is 2. The Kier molecular flexibility index (Phi) is 8.10. The van der Waals surface area contributed by atoms with Crippen LogP contribution in [0.3, 0.4) is 0 Å². The number of amides is 2. The van der Waals surface area contributed by atoms with Gasteiger partial charge in [0.1, 0.15) is 11.3 Å². The summed E-state index contributed by atoms with van der Waals surface area (Å²) in [5, 5.41) is 9.58. The average molecular weight is 398 g/mol. The van der Waals surface area contributed by atoms with E-state index in [1.165, 1.54) is 12.8 Å². The molecule has 0 bridgehead atoms. The lowest BCUT2D eigenvalue weighted by molar-refractivity contribution is -0.115. The van der Waals surface area contributed by atoms with Gasteiger partial charge in [-0.15, -0.1) is 0 Å². The maximum atomic E-state index is 12.5. The molecule has 1 atom stereocenters. The molecule has 28 heavy (non-hydrogen) atoms. The van der Waals surface area contributed by atoms with Crippen LogP contribution in [0.15, 0.2) is 5.16 Å². The summed E-state index contributed by atoms with van der Waals surface area (Å²) < 4.78 is 10.7. The lowest BCUT2D eigenvalue weighted by atomic mass is 9.83. The third-order valence-corrected chi connectivity index (χ3v) is 5.14. The van der Waals surface area contributed by atoms with Crippen molar-refractivity contribution in [1.82, 2.24) is 10.6 Å². The van der Waals surface area contributed by atoms with E-state index < -0.39 is 11.7 Å². The number of carbonyl (C=O) groups excluding carboxylic acids is 2. The minimum atomic E-state index is -0.555. The molecule has 2 aliphatic rings. The van der Waals surface area contributed by atoms with Gasteiger partial charge < -0.3 is 24.9 Å². The number of hydrogen-bond donors (Lipinski definition) is 2. The summed E-state index contributed by atoms with van der Waals surface area (Å²) in [6, 6.07) is 0. The summed E-state index contributed by atoms with van der Waals surface area (Å²) >= 11 is 0. The molecule has 2 rings (SSSR count). The predicted octanol–water partition coefficient (Wildman–Crippen LogP) is 2.76. The van der Waals surface area contributed by atoms with Gasteiger partial charge in [-0.2, -0.15) is 0 Å². The highest BCUT2D eigenvalue weighted by atomic mass is 16.6. The molecule has 1 aliphatic heterocycles. The van der Waals surface area contributed by atoms with Crippen LogP contribution in [0.1, 0.15) is 66.2 Å². The second-order valence-electron chi connectivity index (χ2n) is 8.69. The van der Waals surface area contributed by atoms with Gasteiger partial charge in [-0.25, -0.2) is 4.79 Å². The maximum absolute atomic E-state index is 12.5. The molecule has 8 heteroatoms. The Balaban J connectivity index is 1.72. The molecule has 0 aromatic rings. The van der Waals surface area contributed by atoms with Crippen molar-refractivity contribution < 1.29 is 23.9 Å². The van der Waals surface area contributed by atoms with E-state index in [4.69, 9.17) is 14.3 Å². The summed E-state index contributed by atoms with van der Waals surface area (Å²) in [6.45, 7) is 9.73. The normalized spacial score (nSPS) is 21.0. The lowest BCUT2D eigenvalue weighted by Gasteiger charge is -2.29. The van der Waals surface area contributed by atoms with Crippen molar-refractivity contribution in [2.75, 3.05) is 26.3 Å². The molecule has 0 aromatic carbocycles. The number of alkyl carbamates (subject to hydrolysis) is 1. The van der Waals surface area contributed by atoms with Crippen LogP contribution in [-0.2, 0) is 19.1 Å². The summed E-state index contributed by atoms with van der Waals surface area (Å²) in [6.07, 6.45) is 5.10. The first-order valence-corrected chi connectivity index (χ1v) is 10.3. The van der Waals surface area contributed by atoms with E-state index in [-0.39, 0.29) is 24.0 Å². The number of carbonyl (C=O) groups is 2. The quantitative estimate of drug-likeness (QED) is 0.583. The molecule has 1 aliphatic carbocycles. The predicted molar refractivity (Wildman–Crippen MR) is 106 cm³/mol. The van der Waals surface area contributed by atoms with Crippen LogP contribution in [0.5, 0.6) is 0 Å². The smallest absolute Gasteiger partial charge is 0.407 e. The topological polar surface area (TPSA) is 98.3 Å². The molecule has 0 unspecified atom stereocenters. The van der Waals surface area contributed by atoms with Crippen molar-refractivity contribution in [2.45, 2.75) is 77.9 Å². The molecule has 8 nitrogen and oxygen atoms in total. The van der Waals surface area contributed by atoms with Crippen LogP contribution in [-0.4, -0.2) is 55.7 Å². The zero-order chi connectivity index (χ0) is 20.6. The molecule has 1 saturated carbocycles. The minimum Gasteiger partial charge on any atom is -0.444 e. The van der Waals surface area contributed by atoms with Gasteiger partial charge >= 0.3 is 6.09 Å². The van der Waals surface area contributed by atoms with Crippen molar-refractivity contribution in [2.24, 2.45) is 10.6 Å². The first kappa shape index (κ1) is 22.5. The lowest BCUT2D eigenvalue weighted by Crippen LogP contribution is -2.40. The Morgan fingerprint density at radius 2 is 1.96 bits per heavy atom. The summed E-state index contributed by atoms with van der Waals surface area (Å²) in [5.74, 6) is -0.192. The Morgan fingerprint density at radius 3 is 2.61 bits per heavy atom. The first-order valence-electron chi connectivity index (χ1n) is 10.3. The van der Waals surface area contributed by atoms with Gasteiger partial charge in [-0.05, 0) is 52.4 Å². The molecule has 2 amide bonds. The van der Waals surface area contributed by atoms with Gasteiger partial charge in [0, 0.05) is 26.2 Å². The SMILES string of the molecule is CCOCCC1(CNC(=O)C2=NO[C@H](CNC(=O)OC(C)(C)C)C2)CCCC1. The van der Waals surface area contributed by atoms with Gasteiger partial charge in [0.15, 0.2) is 6.10 Å². The number of rotatable bonds is 9. The molecule has 1 heterocycles. The van der Waals surface area contributed by atoms with Crippen molar-refractivity contribution in [1.29, 1.82) is 0 Å². The summed E-state index contributed by atoms with van der Waals surface area (Å²) in [5.41, 5.74) is -0.0581. The van der Waals surface area contributed by atoms with Crippen LogP contribution in [0.2, 0.25) is 0 Å². The maximum Gasteiger partial charge on any atom is 0.407 e. The molecule has 0 aromatic heterocycles. The number of ether oxygens (including phenoxy) is 2. The van der Waals surface area contributed by atoms with Crippen LogP contribution >= 0.6 is 0 Å². The highest BCUT2D eigenvalue weighted by Gasteiger charge is 2.35. The fourth-order valence-corrected chi connectivity index (χ4v) is 3.63. The zero-order valence-corrected chi connectivity index (χ0v) is 17.6. The van der Waals surface area contributed by atoms with E-state index >= 15 is 0 Å². The molecule has 0 saturated heterocycles. The zero-order valence-electron chi connectivity index (χ0n) is 17.6. The highest BCUT2D eigenvalue weighted by molar-refractivity contribution is 6.39. The number of hydrogen-bond acceptors (Lipinski definition) is 6. The Labute approximate surface area is 167 Å². The van der Waals surface area contributed by atoms with E-state index in [1.807, 2.05) is 6.92 Å². The third kappa shape index (κ3) is 7.30. The highest BCUT2D eigenvalue weighted by Crippen LogP contribution is 2.40. The number of nitrogens with zero attached hydrogens (tertiary/aromatic N) is 1. The molecular weight excluding hydrogens is 362 g/mol. The van der Waals surface area contributed by atoms with Crippen molar-refractivity contribution >= 4 is 17.7 Å². The summed E-state index contributed by atoms with van der Waals surface area (Å²) in [4.78, 5) is 29.5. The molecule has 2 N–H and O–H groups in total. The second kappa shape index (κ2) is 10.1. The van der Waals surface area contributed by atoms with E-state index in [1.54, 1.807) is 20.8 Å². The first-order chi connectivity index (χ1) is 13.2. The molecular formula is C20H35N3O5. The van der Waals surface area contributed by atoms with Gasteiger partial charge in [0.2, 0.25) is 0 Å². The van der Waals surface area contributed by atoms with Gasteiger partial charge in [0.05, 0.1) is 6.54 Å².